The first kappa shape index (κ1) is 21.0. The lowest BCUT2D eigenvalue weighted by Crippen LogP contribution is -2.32. The van der Waals surface area contributed by atoms with Crippen LogP contribution >= 0.6 is 0 Å². The largest absolute Gasteiger partial charge is 0.383 e. The topological polar surface area (TPSA) is 89.9 Å². The Morgan fingerprint density at radius 1 is 1.18 bits per heavy atom. The Morgan fingerprint density at radius 2 is 1.97 bits per heavy atom. The Labute approximate surface area is 196 Å². The first-order valence-electron chi connectivity index (χ1n) is 11.8. The van der Waals surface area contributed by atoms with Gasteiger partial charge in [-0.2, -0.15) is 5.10 Å². The molecule has 1 aliphatic carbocycles. The summed E-state index contributed by atoms with van der Waals surface area (Å²) in [6, 6.07) is 5.00. The van der Waals surface area contributed by atoms with E-state index in [9.17, 15) is 4.79 Å². The van der Waals surface area contributed by atoms with Crippen LogP contribution in [-0.4, -0.2) is 37.1 Å². The van der Waals surface area contributed by atoms with Crippen LogP contribution in [0.15, 0.2) is 30.6 Å². The third-order valence-electron chi connectivity index (χ3n) is 7.31. The number of nitrogens with two attached hydrogens (primary N) is 1. The number of rotatable bonds is 3. The summed E-state index contributed by atoms with van der Waals surface area (Å²) in [4.78, 5) is 24.7. The van der Waals surface area contributed by atoms with Gasteiger partial charge in [0.2, 0.25) is 0 Å². The Morgan fingerprint density at radius 3 is 2.71 bits per heavy atom. The molecule has 8 heteroatoms. The predicted octanol–water partition coefficient (Wildman–Crippen LogP) is 4.65. The number of benzene rings is 1. The summed E-state index contributed by atoms with van der Waals surface area (Å²) in [5.41, 5.74) is 10.4. The lowest BCUT2D eigenvalue weighted by atomic mass is 10.0. The van der Waals surface area contributed by atoms with Gasteiger partial charge in [0.15, 0.2) is 0 Å². The van der Waals surface area contributed by atoms with Crippen molar-refractivity contribution < 1.29 is 9.18 Å². The maximum absolute atomic E-state index is 15.1. The number of nitrogens with zero attached hydrogens (tertiary/aromatic N) is 5. The van der Waals surface area contributed by atoms with Crippen LogP contribution in [0.25, 0.3) is 21.8 Å². The molecule has 1 amide bonds. The zero-order valence-electron chi connectivity index (χ0n) is 19.5. The van der Waals surface area contributed by atoms with Crippen LogP contribution in [0.2, 0.25) is 0 Å². The monoisotopic (exact) mass is 458 g/mol. The number of aryl methyl sites for hydroxylation is 2. The molecule has 2 atom stereocenters. The Kier molecular flexibility index (Phi) is 4.62. The van der Waals surface area contributed by atoms with Gasteiger partial charge in [-0.25, -0.2) is 9.37 Å². The normalized spacial score (nSPS) is 20.5. The van der Waals surface area contributed by atoms with Crippen molar-refractivity contribution >= 4 is 33.5 Å². The molecule has 2 unspecified atom stereocenters. The Bertz CT molecular complexity index is 1470. The highest BCUT2D eigenvalue weighted by molar-refractivity contribution is 6.10. The number of hydrogen-bond acceptors (Lipinski definition) is 5. The number of likely N-dealkylation sites (tertiary alicyclic amines) is 1. The molecule has 0 radical (unpaired) electrons. The highest BCUT2D eigenvalue weighted by atomic mass is 19.1. The molecule has 2 fully saturated rings. The molecular formula is C26H27FN6O. The van der Waals surface area contributed by atoms with Gasteiger partial charge in [0.05, 0.1) is 34.4 Å². The van der Waals surface area contributed by atoms with E-state index in [1.54, 1.807) is 28.0 Å². The van der Waals surface area contributed by atoms with Gasteiger partial charge < -0.3 is 10.6 Å². The molecule has 2 aliphatic rings. The molecule has 0 spiro atoms. The zero-order chi connectivity index (χ0) is 23.7. The quantitative estimate of drug-likeness (QED) is 0.483. The second kappa shape index (κ2) is 7.48. The van der Waals surface area contributed by atoms with Gasteiger partial charge >= 0.3 is 0 Å². The second-order valence-corrected chi connectivity index (χ2v) is 9.94. The Hall–Kier alpha value is -3.55. The lowest BCUT2D eigenvalue weighted by molar-refractivity contribution is 0.0726. The summed E-state index contributed by atoms with van der Waals surface area (Å²) in [6.45, 7) is 4.55. The van der Waals surface area contributed by atoms with E-state index in [2.05, 4.69) is 22.0 Å². The van der Waals surface area contributed by atoms with Gasteiger partial charge in [-0.1, -0.05) is 6.92 Å². The predicted molar refractivity (Wildman–Crippen MR) is 129 cm³/mol. The molecule has 4 heterocycles. The van der Waals surface area contributed by atoms with Gasteiger partial charge in [-0.15, -0.1) is 0 Å². The van der Waals surface area contributed by atoms with E-state index in [0.29, 0.717) is 36.0 Å². The van der Waals surface area contributed by atoms with E-state index >= 15 is 4.39 Å². The summed E-state index contributed by atoms with van der Waals surface area (Å²) >= 11 is 0. The van der Waals surface area contributed by atoms with E-state index in [-0.39, 0.29) is 23.7 Å². The molecule has 1 saturated heterocycles. The maximum Gasteiger partial charge on any atom is 0.254 e. The fraction of sp³-hybridized carbons (Fsp3) is 0.385. The number of nitrogen functional groups attached to an aromatic ring is 1. The molecule has 1 aliphatic heterocycles. The summed E-state index contributed by atoms with van der Waals surface area (Å²) in [5.74, 6) is 0.673. The SMILES string of the molecule is Cc1cc2nc(N)c3cnn(C)c3c2cc1C(=O)N1CC(C)CC1c1ncc(C2CC2)cc1F. The third kappa shape index (κ3) is 3.23. The van der Waals surface area contributed by atoms with Gasteiger partial charge in [-0.3, -0.25) is 14.5 Å². The van der Waals surface area contributed by atoms with Gasteiger partial charge in [0.1, 0.15) is 11.6 Å². The van der Waals surface area contributed by atoms with Crippen molar-refractivity contribution in [2.75, 3.05) is 12.3 Å². The third-order valence-corrected chi connectivity index (χ3v) is 7.31. The minimum absolute atomic E-state index is 0.117. The van der Waals surface area contributed by atoms with E-state index in [4.69, 9.17) is 5.73 Å². The molecule has 4 aromatic rings. The lowest BCUT2D eigenvalue weighted by Gasteiger charge is -2.26. The van der Waals surface area contributed by atoms with Crippen LogP contribution in [0.3, 0.4) is 0 Å². The van der Waals surface area contributed by atoms with Crippen LogP contribution in [0.5, 0.6) is 0 Å². The highest BCUT2D eigenvalue weighted by Crippen LogP contribution is 2.42. The molecule has 7 nitrogen and oxygen atoms in total. The number of anilines is 1. The van der Waals surface area contributed by atoms with E-state index in [1.807, 2.05) is 26.1 Å². The number of pyridine rings is 2. The molecule has 1 saturated carbocycles. The second-order valence-electron chi connectivity index (χ2n) is 9.94. The van der Waals surface area contributed by atoms with Crippen LogP contribution in [0.4, 0.5) is 10.2 Å². The van der Waals surface area contributed by atoms with Gasteiger partial charge in [0, 0.05) is 30.7 Å². The number of aromatic nitrogens is 4. The van der Waals surface area contributed by atoms with Crippen molar-refractivity contribution in [1.82, 2.24) is 24.6 Å². The molecule has 0 bridgehead atoms. The average molecular weight is 459 g/mol. The van der Waals surface area contributed by atoms with Crippen molar-refractivity contribution in [3.8, 4) is 0 Å². The van der Waals surface area contributed by atoms with Crippen molar-refractivity contribution in [3.63, 3.8) is 0 Å². The zero-order valence-corrected chi connectivity index (χ0v) is 19.5. The summed E-state index contributed by atoms with van der Waals surface area (Å²) in [7, 11) is 1.85. The number of carbonyl (C=O) groups is 1. The van der Waals surface area contributed by atoms with Crippen LogP contribution < -0.4 is 5.73 Å². The number of fused-ring (bicyclic) bond motifs is 3. The van der Waals surface area contributed by atoms with Crippen molar-refractivity contribution in [1.29, 1.82) is 0 Å². The van der Waals surface area contributed by atoms with Crippen molar-refractivity contribution in [2.45, 2.75) is 45.1 Å². The average Bonchev–Trinajstić information content (AvgIpc) is 3.47. The van der Waals surface area contributed by atoms with E-state index in [0.717, 1.165) is 45.8 Å². The van der Waals surface area contributed by atoms with Crippen LogP contribution in [-0.2, 0) is 7.05 Å². The van der Waals surface area contributed by atoms with Crippen LogP contribution in [0.1, 0.15) is 65.3 Å². The number of halogens is 1. The first-order chi connectivity index (χ1) is 16.3. The Balaban J connectivity index is 1.43. The number of carbonyl (C=O) groups excluding carboxylic acids is 1. The summed E-state index contributed by atoms with van der Waals surface area (Å²) in [6.07, 6.45) is 6.36. The highest BCUT2D eigenvalue weighted by Gasteiger charge is 2.38. The molecular weight excluding hydrogens is 431 g/mol. The number of amides is 1. The maximum atomic E-state index is 15.1. The van der Waals surface area contributed by atoms with Crippen molar-refractivity contribution in [3.05, 3.63) is 58.8 Å². The summed E-state index contributed by atoms with van der Waals surface area (Å²) < 4.78 is 16.9. The van der Waals surface area contributed by atoms with Gasteiger partial charge in [-0.05, 0) is 67.3 Å². The molecule has 6 rings (SSSR count). The van der Waals surface area contributed by atoms with E-state index < -0.39 is 0 Å². The molecule has 1 aromatic carbocycles. The minimum atomic E-state index is -0.382. The molecule has 174 valence electrons. The summed E-state index contributed by atoms with van der Waals surface area (Å²) in [5, 5.41) is 5.90. The standard InChI is InChI=1S/C26H27FN6O/c1-13-6-22(23-20(27)8-16(10-29-23)15-4-5-15)33(12-13)26(34)17-9-18-21(7-14(17)2)31-25(28)19-11-30-32(3)24(18)19/h7-11,13,15,22H,4-6,12H2,1-3H3,(H2,28,31). The molecule has 34 heavy (non-hydrogen) atoms. The van der Waals surface area contributed by atoms with E-state index in [1.165, 1.54) is 0 Å². The van der Waals surface area contributed by atoms with Crippen LogP contribution in [0, 0.1) is 18.7 Å². The molecule has 2 N–H and O–H groups in total. The molecule has 3 aromatic heterocycles. The smallest absolute Gasteiger partial charge is 0.254 e. The fourth-order valence-electron chi connectivity index (χ4n) is 5.37. The number of hydrogen-bond donors (Lipinski definition) is 1. The first-order valence-corrected chi connectivity index (χ1v) is 11.8. The minimum Gasteiger partial charge on any atom is -0.383 e. The van der Waals surface area contributed by atoms with Gasteiger partial charge in [0.25, 0.3) is 5.91 Å². The fourth-order valence-corrected chi connectivity index (χ4v) is 5.37. The van der Waals surface area contributed by atoms with Crippen molar-refractivity contribution in [2.24, 2.45) is 13.0 Å².